The Kier molecular flexibility index (Phi) is 4.53. The average molecular weight is 367 g/mol. The molecule has 1 aliphatic heterocycles. The Bertz CT molecular complexity index is 603. The summed E-state index contributed by atoms with van der Waals surface area (Å²) >= 11 is 9.11. The van der Waals surface area contributed by atoms with E-state index in [0.717, 1.165) is 0 Å². The molecule has 4 nitrogen and oxygen atoms in total. The van der Waals surface area contributed by atoms with Crippen molar-refractivity contribution in [2.45, 2.75) is 6.42 Å². The van der Waals surface area contributed by atoms with Gasteiger partial charge in [-0.15, -0.1) is 0 Å². The molecule has 1 amide bonds. The van der Waals surface area contributed by atoms with Crippen molar-refractivity contribution >= 4 is 43.3 Å². The number of sulfone groups is 1. The third kappa shape index (κ3) is 3.94. The Morgan fingerprint density at radius 1 is 1.47 bits per heavy atom. The van der Waals surface area contributed by atoms with Crippen LogP contribution in [0, 0.1) is 5.92 Å². The molecule has 0 spiro atoms. The van der Waals surface area contributed by atoms with Crippen molar-refractivity contribution in [3.63, 3.8) is 0 Å². The first-order valence-corrected chi connectivity index (χ1v) is 8.80. The largest absolute Gasteiger partial charge is 0.352 e. The topological polar surface area (TPSA) is 63.2 Å². The second-order valence-corrected chi connectivity index (χ2v) is 8.10. The minimum Gasteiger partial charge on any atom is -0.352 e. The molecule has 1 N–H and O–H groups in total. The maximum absolute atomic E-state index is 11.9. The smallest absolute Gasteiger partial charge is 0.251 e. The molecule has 0 aliphatic carbocycles. The summed E-state index contributed by atoms with van der Waals surface area (Å²) in [6.45, 7) is 0.387. The van der Waals surface area contributed by atoms with Crippen LogP contribution < -0.4 is 5.32 Å². The normalized spacial score (nSPS) is 21.3. The van der Waals surface area contributed by atoms with E-state index in [4.69, 9.17) is 11.6 Å². The van der Waals surface area contributed by atoms with Crippen LogP contribution in [0.25, 0.3) is 0 Å². The predicted molar refractivity (Wildman–Crippen MR) is 78.2 cm³/mol. The third-order valence-corrected chi connectivity index (χ3v) is 6.11. The van der Waals surface area contributed by atoms with E-state index in [2.05, 4.69) is 21.2 Å². The minimum absolute atomic E-state index is 0.0182. The van der Waals surface area contributed by atoms with E-state index in [1.54, 1.807) is 18.2 Å². The molecular formula is C12H13BrClNO3S. The minimum atomic E-state index is -2.90. The SMILES string of the molecule is O=C(NCC1CCS(=O)(=O)C1)c1ccc(Cl)c(Br)c1. The number of amides is 1. The Morgan fingerprint density at radius 3 is 2.79 bits per heavy atom. The van der Waals surface area contributed by atoms with E-state index < -0.39 is 9.84 Å². The van der Waals surface area contributed by atoms with Gasteiger partial charge in [0.15, 0.2) is 9.84 Å². The number of hydrogen-bond acceptors (Lipinski definition) is 3. The highest BCUT2D eigenvalue weighted by molar-refractivity contribution is 9.10. The molecule has 1 heterocycles. The first-order valence-electron chi connectivity index (χ1n) is 5.81. The number of nitrogens with one attached hydrogen (secondary N) is 1. The molecule has 1 saturated heterocycles. The molecule has 2 rings (SSSR count). The summed E-state index contributed by atoms with van der Waals surface area (Å²) in [5.41, 5.74) is 0.497. The standard InChI is InChI=1S/C12H13BrClNO3S/c13-10-5-9(1-2-11(10)14)12(16)15-6-8-3-4-19(17,18)7-8/h1-2,5,8H,3-4,6-7H2,(H,15,16). The number of carbonyl (C=O) groups excluding carboxylic acids is 1. The number of rotatable bonds is 3. The van der Waals surface area contributed by atoms with Gasteiger partial charge in [-0.1, -0.05) is 11.6 Å². The predicted octanol–water partition coefficient (Wildman–Crippen LogP) is 2.27. The van der Waals surface area contributed by atoms with Gasteiger partial charge in [-0.2, -0.15) is 0 Å². The Balaban J connectivity index is 1.93. The van der Waals surface area contributed by atoms with Crippen LogP contribution >= 0.6 is 27.5 Å². The molecule has 0 saturated carbocycles. The maximum atomic E-state index is 11.9. The van der Waals surface area contributed by atoms with Crippen molar-refractivity contribution in [1.29, 1.82) is 0 Å². The van der Waals surface area contributed by atoms with E-state index in [9.17, 15) is 13.2 Å². The van der Waals surface area contributed by atoms with Gasteiger partial charge in [0.25, 0.3) is 5.91 Å². The Labute approximate surface area is 125 Å². The molecule has 1 aliphatic rings. The fraction of sp³-hybridized carbons (Fsp3) is 0.417. The summed E-state index contributed by atoms with van der Waals surface area (Å²) in [6.07, 6.45) is 0.618. The van der Waals surface area contributed by atoms with Crippen molar-refractivity contribution in [3.8, 4) is 0 Å². The van der Waals surface area contributed by atoms with Crippen LogP contribution in [0.4, 0.5) is 0 Å². The molecule has 1 unspecified atom stereocenters. The van der Waals surface area contributed by atoms with Crippen molar-refractivity contribution in [2.75, 3.05) is 18.1 Å². The number of halogens is 2. The van der Waals surface area contributed by atoms with Gasteiger partial charge in [-0.25, -0.2) is 8.42 Å². The quantitative estimate of drug-likeness (QED) is 0.892. The Morgan fingerprint density at radius 2 is 2.21 bits per heavy atom. The van der Waals surface area contributed by atoms with E-state index in [1.807, 2.05) is 0 Å². The van der Waals surface area contributed by atoms with Gasteiger partial charge in [0.1, 0.15) is 0 Å². The van der Waals surface area contributed by atoms with Gasteiger partial charge in [-0.05, 0) is 46.5 Å². The maximum Gasteiger partial charge on any atom is 0.251 e. The van der Waals surface area contributed by atoms with E-state index >= 15 is 0 Å². The second kappa shape index (κ2) is 5.81. The van der Waals surface area contributed by atoms with Crippen LogP contribution in [0.5, 0.6) is 0 Å². The molecular weight excluding hydrogens is 354 g/mol. The number of benzene rings is 1. The van der Waals surface area contributed by atoms with Gasteiger partial charge < -0.3 is 5.32 Å². The lowest BCUT2D eigenvalue weighted by Crippen LogP contribution is -2.29. The third-order valence-electron chi connectivity index (χ3n) is 3.06. The first-order chi connectivity index (χ1) is 8.87. The van der Waals surface area contributed by atoms with Gasteiger partial charge in [0.2, 0.25) is 0 Å². The van der Waals surface area contributed by atoms with Crippen molar-refractivity contribution < 1.29 is 13.2 Å². The first kappa shape index (κ1) is 14.8. The zero-order valence-electron chi connectivity index (χ0n) is 10.0. The molecule has 0 radical (unpaired) electrons. The van der Waals surface area contributed by atoms with Crippen LogP contribution in [0.15, 0.2) is 22.7 Å². The lowest BCUT2D eigenvalue weighted by Gasteiger charge is -2.10. The molecule has 0 bridgehead atoms. The van der Waals surface area contributed by atoms with Crippen LogP contribution in [0.1, 0.15) is 16.8 Å². The fourth-order valence-corrected chi connectivity index (χ4v) is 4.37. The molecule has 1 atom stereocenters. The highest BCUT2D eigenvalue weighted by atomic mass is 79.9. The van der Waals surface area contributed by atoms with Crippen LogP contribution in [-0.2, 0) is 9.84 Å². The average Bonchev–Trinajstić information content (AvgIpc) is 2.69. The summed E-state index contributed by atoms with van der Waals surface area (Å²) in [4.78, 5) is 11.9. The van der Waals surface area contributed by atoms with E-state index in [-0.39, 0.29) is 23.3 Å². The zero-order chi connectivity index (χ0) is 14.0. The molecule has 0 aromatic heterocycles. The van der Waals surface area contributed by atoms with Crippen LogP contribution in [-0.4, -0.2) is 32.4 Å². The monoisotopic (exact) mass is 365 g/mol. The van der Waals surface area contributed by atoms with Gasteiger partial charge in [0.05, 0.1) is 16.5 Å². The number of carbonyl (C=O) groups is 1. The van der Waals surface area contributed by atoms with E-state index in [0.29, 0.717) is 28.0 Å². The van der Waals surface area contributed by atoms with Gasteiger partial charge in [0, 0.05) is 16.6 Å². The van der Waals surface area contributed by atoms with Crippen molar-refractivity contribution in [2.24, 2.45) is 5.92 Å². The van der Waals surface area contributed by atoms with Gasteiger partial charge in [-0.3, -0.25) is 4.79 Å². The molecule has 104 valence electrons. The zero-order valence-corrected chi connectivity index (χ0v) is 13.2. The van der Waals surface area contributed by atoms with Gasteiger partial charge >= 0.3 is 0 Å². The van der Waals surface area contributed by atoms with Crippen molar-refractivity contribution in [3.05, 3.63) is 33.3 Å². The summed E-state index contributed by atoms with van der Waals surface area (Å²) in [5.74, 6) is 0.184. The molecule has 1 aromatic carbocycles. The van der Waals surface area contributed by atoms with Crippen molar-refractivity contribution in [1.82, 2.24) is 5.32 Å². The lowest BCUT2D eigenvalue weighted by molar-refractivity contribution is 0.0948. The lowest BCUT2D eigenvalue weighted by atomic mass is 10.1. The molecule has 1 fully saturated rings. The van der Waals surface area contributed by atoms with Crippen LogP contribution in [0.3, 0.4) is 0 Å². The summed E-state index contributed by atoms with van der Waals surface area (Å²) in [5, 5.41) is 3.30. The molecule has 1 aromatic rings. The summed E-state index contributed by atoms with van der Waals surface area (Å²) in [7, 11) is -2.90. The summed E-state index contributed by atoms with van der Waals surface area (Å²) in [6, 6.07) is 4.91. The second-order valence-electron chi connectivity index (χ2n) is 4.61. The highest BCUT2D eigenvalue weighted by Gasteiger charge is 2.27. The molecule has 7 heteroatoms. The summed E-state index contributed by atoms with van der Waals surface area (Å²) < 4.78 is 23.3. The van der Waals surface area contributed by atoms with Crippen LogP contribution in [0.2, 0.25) is 5.02 Å². The fourth-order valence-electron chi connectivity index (χ4n) is 2.01. The molecule has 19 heavy (non-hydrogen) atoms. The number of hydrogen-bond donors (Lipinski definition) is 1. The highest BCUT2D eigenvalue weighted by Crippen LogP contribution is 2.23. The van der Waals surface area contributed by atoms with E-state index in [1.165, 1.54) is 0 Å². The Hall–Kier alpha value is -0.590.